The van der Waals surface area contributed by atoms with E-state index in [1.165, 1.54) is 12.8 Å². The maximum Gasteiger partial charge on any atom is 0.222 e. The highest BCUT2D eigenvalue weighted by Crippen LogP contribution is 2.39. The molecule has 0 amide bonds. The normalized spacial score (nSPS) is 14.1. The highest BCUT2D eigenvalue weighted by atomic mass is 15.2. The summed E-state index contributed by atoms with van der Waals surface area (Å²) in [6, 6.07) is 2.08. The Bertz CT molecular complexity index is 578. The predicted molar refractivity (Wildman–Crippen MR) is 77.7 cm³/mol. The van der Waals surface area contributed by atoms with Crippen LogP contribution in [0.15, 0.2) is 24.8 Å². The average molecular weight is 270 g/mol. The lowest BCUT2D eigenvalue weighted by atomic mass is 10.2. The minimum Gasteiger partial charge on any atom is -0.357 e. The van der Waals surface area contributed by atoms with Crippen molar-refractivity contribution in [2.45, 2.75) is 25.3 Å². The lowest BCUT2D eigenvalue weighted by Gasteiger charge is -2.18. The Morgan fingerprint density at radius 1 is 1.20 bits per heavy atom. The maximum atomic E-state index is 4.34. The van der Waals surface area contributed by atoms with Gasteiger partial charge in [-0.05, 0) is 12.8 Å². The van der Waals surface area contributed by atoms with Crippen LogP contribution in [0, 0.1) is 0 Å². The molecule has 6 nitrogen and oxygen atoms in total. The van der Waals surface area contributed by atoms with Gasteiger partial charge in [0, 0.05) is 56.3 Å². The fourth-order valence-electron chi connectivity index (χ4n) is 2.09. The first kappa shape index (κ1) is 12.8. The standard InChI is InChI=1S/C14H18N6/c1-15-14-16-6-10(7-17-14)8-20(2)13-5-12(11-3-4-11)18-9-19-13/h5-7,9,11H,3-4,8H2,1-2H3,(H,15,16,17). The summed E-state index contributed by atoms with van der Waals surface area (Å²) >= 11 is 0. The maximum absolute atomic E-state index is 4.34. The van der Waals surface area contributed by atoms with Crippen LogP contribution < -0.4 is 10.2 Å². The number of nitrogens with zero attached hydrogens (tertiary/aromatic N) is 5. The largest absolute Gasteiger partial charge is 0.357 e. The molecule has 20 heavy (non-hydrogen) atoms. The first-order chi connectivity index (χ1) is 9.76. The highest BCUT2D eigenvalue weighted by molar-refractivity contribution is 5.40. The molecule has 0 aromatic carbocycles. The zero-order chi connectivity index (χ0) is 13.9. The van der Waals surface area contributed by atoms with Gasteiger partial charge in [-0.25, -0.2) is 19.9 Å². The molecule has 0 aliphatic heterocycles. The molecule has 0 radical (unpaired) electrons. The van der Waals surface area contributed by atoms with Crippen molar-refractivity contribution in [1.29, 1.82) is 0 Å². The van der Waals surface area contributed by atoms with Gasteiger partial charge in [0.05, 0.1) is 0 Å². The number of rotatable bonds is 5. The first-order valence-electron chi connectivity index (χ1n) is 6.78. The number of anilines is 2. The van der Waals surface area contributed by atoms with E-state index in [0.29, 0.717) is 11.9 Å². The van der Waals surface area contributed by atoms with E-state index in [-0.39, 0.29) is 0 Å². The van der Waals surface area contributed by atoms with Crippen LogP contribution in [0.2, 0.25) is 0 Å². The van der Waals surface area contributed by atoms with Crippen molar-refractivity contribution in [3.63, 3.8) is 0 Å². The summed E-state index contributed by atoms with van der Waals surface area (Å²) in [6.45, 7) is 0.727. The number of aromatic nitrogens is 4. The Labute approximate surface area is 118 Å². The third kappa shape index (κ3) is 2.84. The molecule has 1 N–H and O–H groups in total. The Hall–Kier alpha value is -2.24. The van der Waals surface area contributed by atoms with Gasteiger partial charge in [-0.1, -0.05) is 0 Å². The Morgan fingerprint density at radius 3 is 2.60 bits per heavy atom. The molecule has 1 fully saturated rings. The van der Waals surface area contributed by atoms with Crippen molar-refractivity contribution in [2.75, 3.05) is 24.3 Å². The monoisotopic (exact) mass is 270 g/mol. The van der Waals surface area contributed by atoms with Crippen molar-refractivity contribution in [3.05, 3.63) is 36.0 Å². The smallest absolute Gasteiger partial charge is 0.222 e. The zero-order valence-electron chi connectivity index (χ0n) is 11.7. The fourth-order valence-corrected chi connectivity index (χ4v) is 2.09. The quantitative estimate of drug-likeness (QED) is 0.894. The lowest BCUT2D eigenvalue weighted by Crippen LogP contribution is -2.18. The molecule has 1 aliphatic rings. The Kier molecular flexibility index (Phi) is 3.45. The van der Waals surface area contributed by atoms with E-state index in [9.17, 15) is 0 Å². The van der Waals surface area contributed by atoms with Crippen molar-refractivity contribution >= 4 is 11.8 Å². The van der Waals surface area contributed by atoms with Crippen molar-refractivity contribution < 1.29 is 0 Å². The van der Waals surface area contributed by atoms with E-state index in [1.54, 1.807) is 13.4 Å². The van der Waals surface area contributed by atoms with Gasteiger partial charge < -0.3 is 10.2 Å². The molecule has 0 bridgehead atoms. The highest BCUT2D eigenvalue weighted by Gasteiger charge is 2.25. The van der Waals surface area contributed by atoms with Gasteiger partial charge >= 0.3 is 0 Å². The molecule has 0 unspecified atom stereocenters. The van der Waals surface area contributed by atoms with Gasteiger partial charge in [0.25, 0.3) is 0 Å². The molecule has 2 heterocycles. The van der Waals surface area contributed by atoms with Crippen LogP contribution in [0.4, 0.5) is 11.8 Å². The van der Waals surface area contributed by atoms with Crippen LogP contribution in [0.25, 0.3) is 0 Å². The van der Waals surface area contributed by atoms with Gasteiger partial charge in [0.2, 0.25) is 5.95 Å². The van der Waals surface area contributed by atoms with Crippen LogP contribution in [0.5, 0.6) is 0 Å². The third-order valence-corrected chi connectivity index (χ3v) is 3.41. The molecule has 1 aliphatic carbocycles. The van der Waals surface area contributed by atoms with Crippen molar-refractivity contribution in [1.82, 2.24) is 19.9 Å². The van der Waals surface area contributed by atoms with E-state index in [0.717, 1.165) is 23.6 Å². The summed E-state index contributed by atoms with van der Waals surface area (Å²) in [5, 5.41) is 2.91. The van der Waals surface area contributed by atoms with E-state index in [2.05, 4.69) is 36.2 Å². The summed E-state index contributed by atoms with van der Waals surface area (Å²) in [5.74, 6) is 2.22. The predicted octanol–water partition coefficient (Wildman–Crippen LogP) is 1.82. The molecule has 0 spiro atoms. The molecule has 0 saturated heterocycles. The molecule has 2 aromatic heterocycles. The molecule has 104 valence electrons. The van der Waals surface area contributed by atoms with Crippen LogP contribution >= 0.6 is 0 Å². The second-order valence-corrected chi connectivity index (χ2v) is 5.10. The van der Waals surface area contributed by atoms with Crippen molar-refractivity contribution in [3.8, 4) is 0 Å². The molecule has 2 aromatic rings. The van der Waals surface area contributed by atoms with Crippen LogP contribution in [0.1, 0.15) is 30.0 Å². The van der Waals surface area contributed by atoms with E-state index in [4.69, 9.17) is 0 Å². The number of hydrogen-bond acceptors (Lipinski definition) is 6. The van der Waals surface area contributed by atoms with E-state index >= 15 is 0 Å². The average Bonchev–Trinajstić information content (AvgIpc) is 3.33. The van der Waals surface area contributed by atoms with Crippen LogP contribution in [-0.4, -0.2) is 34.0 Å². The van der Waals surface area contributed by atoms with Crippen molar-refractivity contribution in [2.24, 2.45) is 0 Å². The second kappa shape index (κ2) is 5.40. The van der Waals surface area contributed by atoms with E-state index < -0.39 is 0 Å². The zero-order valence-corrected chi connectivity index (χ0v) is 11.7. The molecule has 6 heteroatoms. The van der Waals surface area contributed by atoms with Crippen LogP contribution in [0.3, 0.4) is 0 Å². The minimum absolute atomic E-state index is 0.634. The number of nitrogens with one attached hydrogen (secondary N) is 1. The lowest BCUT2D eigenvalue weighted by molar-refractivity contribution is 0.865. The van der Waals surface area contributed by atoms with Gasteiger partial charge in [0.1, 0.15) is 12.1 Å². The fraction of sp³-hybridized carbons (Fsp3) is 0.429. The van der Waals surface area contributed by atoms with Gasteiger partial charge in [-0.2, -0.15) is 0 Å². The summed E-state index contributed by atoms with van der Waals surface area (Å²) in [6.07, 6.45) is 7.82. The topological polar surface area (TPSA) is 66.8 Å². The van der Waals surface area contributed by atoms with Gasteiger partial charge in [-0.15, -0.1) is 0 Å². The third-order valence-electron chi connectivity index (χ3n) is 3.41. The first-order valence-corrected chi connectivity index (χ1v) is 6.78. The summed E-state index contributed by atoms with van der Waals surface area (Å²) < 4.78 is 0. The summed E-state index contributed by atoms with van der Waals surface area (Å²) in [4.78, 5) is 19.2. The second-order valence-electron chi connectivity index (χ2n) is 5.10. The van der Waals surface area contributed by atoms with E-state index in [1.807, 2.05) is 19.4 Å². The Morgan fingerprint density at radius 2 is 1.95 bits per heavy atom. The van der Waals surface area contributed by atoms with Crippen LogP contribution in [-0.2, 0) is 6.54 Å². The SMILES string of the molecule is CNc1ncc(CN(C)c2cc(C3CC3)ncn2)cn1. The molecule has 1 saturated carbocycles. The van der Waals surface area contributed by atoms with Gasteiger partial charge in [0.15, 0.2) is 0 Å². The minimum atomic E-state index is 0.634. The molecular weight excluding hydrogens is 252 g/mol. The molecule has 3 rings (SSSR count). The molecular formula is C14H18N6. The summed E-state index contributed by atoms with van der Waals surface area (Å²) in [5.41, 5.74) is 2.21. The van der Waals surface area contributed by atoms with Gasteiger partial charge in [-0.3, -0.25) is 0 Å². The number of hydrogen-bond donors (Lipinski definition) is 1. The molecule has 0 atom stereocenters. The Balaban J connectivity index is 1.71. The summed E-state index contributed by atoms with van der Waals surface area (Å²) in [7, 11) is 3.83.